The molecule has 806 valence electrons. The third kappa shape index (κ3) is 29.5. The summed E-state index contributed by atoms with van der Waals surface area (Å²) in [5, 5.41) is 293. The van der Waals surface area contributed by atoms with Crippen LogP contribution in [0.3, 0.4) is 0 Å². The molecular formula is C95H120O51. The Bertz CT molecular complexity index is 5330. The lowest BCUT2D eigenvalue weighted by Crippen LogP contribution is -2.67. The molecule has 35 unspecified atom stereocenters. The number of esters is 4. The van der Waals surface area contributed by atoms with Gasteiger partial charge in [-0.15, -0.1) is 0 Å². The lowest BCUT2D eigenvalue weighted by Gasteiger charge is -2.49. The van der Waals surface area contributed by atoms with E-state index in [4.69, 9.17) is 85.3 Å². The Morgan fingerprint density at radius 3 is 0.836 bits per heavy atom. The standard InChI is InChI=1S/C35H46O19.C31H38O16.C29H36O16/c1-14-24(42)26(44)28(46)33(49-14)53-31-30(52-23(41)8-5-16-3-6-18(37)20(39)11-16)22(13-36)51-35(48-10-9-17-4-7-19(38)21(40)12-17)32(31)54-34-29(47)27(45)25(43)15(2)50-34;1-14-24(39)25(40)26(41)30(43-14)47-28-27(46-23(38)8-5-16-3-6-18(34)20(36)11-16)22(13-32)45-31(29(28)44-15(2)33)42-10-9-17-4-7-19(35)21(37)12-17;30-11-19-22(37)23(38)24(39)29(42-19)45-27-25(40)28(41-8-7-14-2-5-16(33)18(35)10-14)43-20(12-31)26(27)44-21(36)6-3-13-1-4-15(32)17(34)9-13/h3-8,11-12,14-15,22,24-40,42-47H,9-10,13H2,1-2H3;3-8,11-12,14,22,24-32,34-37,39-41H,9-10,13H2,1-2H3;1-6,9-10,19-20,22-35,37-40H,7-8,11-12H2/b2*8-5+;6-3+. The molecule has 13 rings (SSSR count). The van der Waals surface area contributed by atoms with Crippen LogP contribution in [0.1, 0.15) is 61.1 Å². The van der Waals surface area contributed by atoms with Crippen LogP contribution in [0, 0.1) is 0 Å². The Hall–Kier alpha value is -11.2. The molecule has 51 nitrogen and oxygen atoms in total. The summed E-state index contributed by atoms with van der Waals surface area (Å²) in [7, 11) is 0. The molecule has 7 aliphatic rings. The normalized spacial score (nSPS) is 33.7. The minimum atomic E-state index is -1.89. The molecule has 146 heavy (non-hydrogen) atoms. The van der Waals surface area contributed by atoms with E-state index < -0.39 is 288 Å². The minimum absolute atomic E-state index is 0.103. The van der Waals surface area contributed by atoms with Crippen molar-refractivity contribution in [2.45, 2.75) is 262 Å². The number of phenolic OH excluding ortho intramolecular Hbond substituents is 12. The van der Waals surface area contributed by atoms with Crippen LogP contribution in [0.4, 0.5) is 0 Å². The average Bonchev–Trinajstić information content (AvgIpc) is 0.767. The molecule has 7 saturated heterocycles. The molecule has 0 amide bonds. The van der Waals surface area contributed by atoms with Crippen molar-refractivity contribution in [3.05, 3.63) is 161 Å². The zero-order valence-corrected chi connectivity index (χ0v) is 78.1. The van der Waals surface area contributed by atoms with Crippen molar-refractivity contribution in [3.63, 3.8) is 0 Å². The molecule has 0 radical (unpaired) electrons. The SMILES string of the molecule is CC(=O)OC1C(OCCc2ccc(O)c(O)c2)OC(CO)C(OC(=O)/C=C/c2ccc(O)c(O)c2)C1OC1OC(C)C(O)C(O)C1O.CC1OC(OC2C(OCCc3ccc(O)c(O)c3)OC(CO)C(OC(=O)/C=C/c3ccc(O)c(O)c3)C2OC2OC(C)C(O)C(O)C2O)C(O)C(O)C1O.O=C(/C=C/c1ccc(O)c(O)c1)OC1C(CO)OC(OCCc2ccc(O)c(O)c2)C(O)C1OC1OC(CO)C(O)C(O)C1O. The topological polar surface area (TPSA) is 821 Å². The number of benzene rings is 6. The van der Waals surface area contributed by atoms with Gasteiger partial charge in [-0.05, 0) is 164 Å². The second-order valence-electron chi connectivity index (χ2n) is 34.7. The molecule has 7 aliphatic heterocycles. The van der Waals surface area contributed by atoms with Crippen LogP contribution in [0.5, 0.6) is 69.0 Å². The summed E-state index contributed by atoms with van der Waals surface area (Å²) in [5.41, 5.74) is 2.55. The van der Waals surface area contributed by atoms with Crippen LogP contribution in [-0.4, -0.2) is 433 Å². The third-order valence-electron chi connectivity index (χ3n) is 24.2. The van der Waals surface area contributed by atoms with E-state index in [9.17, 15) is 167 Å². The van der Waals surface area contributed by atoms with E-state index in [0.29, 0.717) is 27.8 Å². The minimum Gasteiger partial charge on any atom is -0.504 e. The van der Waals surface area contributed by atoms with Crippen molar-refractivity contribution in [3.8, 4) is 69.0 Å². The molecule has 7 heterocycles. The third-order valence-corrected chi connectivity index (χ3v) is 24.2. The number of ether oxygens (including phenoxy) is 18. The quantitative estimate of drug-likeness (QED) is 0.00782. The monoisotopic (exact) mass is 2080 g/mol. The van der Waals surface area contributed by atoms with Gasteiger partial charge in [0.25, 0.3) is 0 Å². The van der Waals surface area contributed by atoms with Crippen molar-refractivity contribution >= 4 is 42.1 Å². The number of rotatable bonds is 34. The van der Waals surface area contributed by atoms with E-state index in [1.807, 2.05) is 0 Å². The highest BCUT2D eigenvalue weighted by Crippen LogP contribution is 2.41. The van der Waals surface area contributed by atoms with Gasteiger partial charge in [-0.1, -0.05) is 36.4 Å². The maximum Gasteiger partial charge on any atom is 0.331 e. The van der Waals surface area contributed by atoms with E-state index >= 15 is 0 Å². The van der Waals surface area contributed by atoms with E-state index in [-0.39, 0.29) is 90.6 Å². The fourth-order valence-corrected chi connectivity index (χ4v) is 16.0. The van der Waals surface area contributed by atoms with Gasteiger partial charge < -0.3 is 233 Å². The summed E-state index contributed by atoms with van der Waals surface area (Å²) in [5.74, 6) is -8.45. The van der Waals surface area contributed by atoms with Gasteiger partial charge in [-0.2, -0.15) is 0 Å². The smallest absolute Gasteiger partial charge is 0.331 e. The number of aliphatic hydroxyl groups is 17. The first-order valence-corrected chi connectivity index (χ1v) is 45.6. The highest BCUT2D eigenvalue weighted by atomic mass is 16.8. The Balaban J connectivity index is 0.000000209. The maximum absolute atomic E-state index is 13.3. The van der Waals surface area contributed by atoms with Gasteiger partial charge in [0.2, 0.25) is 0 Å². The summed E-state index contributed by atoms with van der Waals surface area (Å²) in [6.07, 6.45) is -48.4. The fourth-order valence-electron chi connectivity index (χ4n) is 16.0. The number of aliphatic hydroxyl groups excluding tert-OH is 17. The van der Waals surface area contributed by atoms with Crippen molar-refractivity contribution in [2.75, 3.05) is 46.2 Å². The van der Waals surface area contributed by atoms with E-state index in [2.05, 4.69) is 0 Å². The van der Waals surface area contributed by atoms with E-state index in [0.717, 1.165) is 25.2 Å². The van der Waals surface area contributed by atoms with Crippen molar-refractivity contribution in [1.82, 2.24) is 0 Å². The number of phenols is 12. The van der Waals surface area contributed by atoms with Crippen LogP contribution < -0.4 is 0 Å². The summed E-state index contributed by atoms with van der Waals surface area (Å²) in [6, 6.07) is 23.6. The summed E-state index contributed by atoms with van der Waals surface area (Å²) >= 11 is 0. The first kappa shape index (κ1) is 115. The lowest BCUT2D eigenvalue weighted by molar-refractivity contribution is -0.389. The average molecular weight is 2080 g/mol. The molecule has 0 bridgehead atoms. The summed E-state index contributed by atoms with van der Waals surface area (Å²) < 4.78 is 104. The largest absolute Gasteiger partial charge is 0.504 e. The highest BCUT2D eigenvalue weighted by molar-refractivity contribution is 5.89. The molecule has 6 aromatic carbocycles. The number of carbonyl (C=O) groups excluding carboxylic acids is 4. The molecule has 0 spiro atoms. The van der Waals surface area contributed by atoms with Gasteiger partial charge in [0, 0.05) is 25.2 Å². The molecule has 35 atom stereocenters. The number of hydrogen-bond acceptors (Lipinski definition) is 51. The molecule has 29 N–H and O–H groups in total. The first-order chi connectivity index (χ1) is 69.3. The van der Waals surface area contributed by atoms with Crippen molar-refractivity contribution in [2.24, 2.45) is 0 Å². The molecule has 0 saturated carbocycles. The molecule has 0 aromatic heterocycles. The number of aromatic hydroxyl groups is 12. The van der Waals surface area contributed by atoms with Crippen molar-refractivity contribution in [1.29, 1.82) is 0 Å². The van der Waals surface area contributed by atoms with Crippen LogP contribution in [-0.2, 0) is 124 Å². The van der Waals surface area contributed by atoms with Gasteiger partial charge in [-0.25, -0.2) is 14.4 Å². The fraction of sp³-hybridized carbons (Fsp3) is 0.516. The lowest BCUT2D eigenvalue weighted by atomic mass is 9.96. The molecule has 7 fully saturated rings. The number of carbonyl (C=O) groups is 4. The zero-order valence-electron chi connectivity index (χ0n) is 78.1. The maximum atomic E-state index is 13.3. The van der Waals surface area contributed by atoms with Gasteiger partial charge in [0.1, 0.15) is 128 Å². The van der Waals surface area contributed by atoms with Crippen LogP contribution in [0.25, 0.3) is 18.2 Å². The molecule has 0 aliphatic carbocycles. The second-order valence-corrected chi connectivity index (χ2v) is 34.7. The van der Waals surface area contributed by atoms with Gasteiger partial charge >= 0.3 is 23.9 Å². The van der Waals surface area contributed by atoms with E-state index in [1.54, 1.807) is 0 Å². The molecule has 51 heteroatoms. The van der Waals surface area contributed by atoms with E-state index in [1.165, 1.54) is 148 Å². The Morgan fingerprint density at radius 1 is 0.260 bits per heavy atom. The zero-order chi connectivity index (χ0) is 107. The van der Waals surface area contributed by atoms with Crippen LogP contribution in [0.2, 0.25) is 0 Å². The Labute approximate surface area is 829 Å². The Kier molecular flexibility index (Phi) is 41.4. The number of hydrogen-bond donors (Lipinski definition) is 29. The Morgan fingerprint density at radius 2 is 0.521 bits per heavy atom. The van der Waals surface area contributed by atoms with Crippen LogP contribution >= 0.6 is 0 Å². The summed E-state index contributed by atoms with van der Waals surface area (Å²) in [6.45, 7) is 1.75. The van der Waals surface area contributed by atoms with Gasteiger partial charge in [0.15, 0.2) is 137 Å². The predicted molar refractivity (Wildman–Crippen MR) is 483 cm³/mol. The van der Waals surface area contributed by atoms with Crippen LogP contribution in [0.15, 0.2) is 127 Å². The molecule has 6 aromatic rings. The van der Waals surface area contributed by atoms with Gasteiger partial charge in [0.05, 0.1) is 64.6 Å². The summed E-state index contributed by atoms with van der Waals surface area (Å²) in [4.78, 5) is 51.3. The molecular weight excluding hydrogens is 1960 g/mol. The van der Waals surface area contributed by atoms with Crippen molar-refractivity contribution < 1.29 is 253 Å². The predicted octanol–water partition coefficient (Wildman–Crippen LogP) is -4.65. The van der Waals surface area contributed by atoms with Gasteiger partial charge in [-0.3, -0.25) is 4.79 Å². The second kappa shape index (κ2) is 52.6. The first-order valence-electron chi connectivity index (χ1n) is 45.6. The highest BCUT2D eigenvalue weighted by Gasteiger charge is 2.59.